The highest BCUT2D eigenvalue weighted by Gasteiger charge is 2.29. The fraction of sp³-hybridized carbons (Fsp3) is 0.458. The number of likely N-dealkylation sites (tertiary alicyclic amines) is 1. The summed E-state index contributed by atoms with van der Waals surface area (Å²) in [4.78, 5) is 14.5. The molecular weight excluding hydrogens is 431 g/mol. The second-order valence-corrected chi connectivity index (χ2v) is 8.30. The van der Waals surface area contributed by atoms with Crippen molar-refractivity contribution in [3.05, 3.63) is 71.2 Å². The van der Waals surface area contributed by atoms with Gasteiger partial charge in [-0.1, -0.05) is 24.8 Å². The minimum Gasteiger partial charge on any atom is -0.484 e. The molecule has 3 aliphatic heterocycles. The van der Waals surface area contributed by atoms with Crippen molar-refractivity contribution in [3.63, 3.8) is 0 Å². The molecule has 174 valence electrons. The number of hydrogen-bond acceptors (Lipinski definition) is 5. The Morgan fingerprint density at radius 1 is 1.34 bits per heavy atom. The van der Waals surface area contributed by atoms with Crippen LogP contribution >= 0.6 is 11.6 Å². The lowest BCUT2D eigenvalue weighted by atomic mass is 10.0. The van der Waals surface area contributed by atoms with Gasteiger partial charge in [-0.05, 0) is 49.8 Å². The summed E-state index contributed by atoms with van der Waals surface area (Å²) in [5.74, 6) is -0.855. The zero-order valence-corrected chi connectivity index (χ0v) is 19.1. The van der Waals surface area contributed by atoms with Gasteiger partial charge in [0.1, 0.15) is 17.8 Å². The van der Waals surface area contributed by atoms with Gasteiger partial charge in [0.25, 0.3) is 5.91 Å². The van der Waals surface area contributed by atoms with E-state index in [0.29, 0.717) is 13.0 Å². The Morgan fingerprint density at radius 3 is 2.84 bits per heavy atom. The number of carbonyl (C=O) groups is 1. The van der Waals surface area contributed by atoms with E-state index in [1.54, 1.807) is 0 Å². The van der Waals surface area contributed by atoms with Crippen LogP contribution in [0.3, 0.4) is 0 Å². The number of hydrogen-bond donors (Lipinski definition) is 3. The van der Waals surface area contributed by atoms with E-state index in [2.05, 4.69) is 40.1 Å². The van der Waals surface area contributed by atoms with E-state index in [1.165, 1.54) is 35.9 Å². The molecule has 2 bridgehead atoms. The number of halogens is 2. The van der Waals surface area contributed by atoms with Gasteiger partial charge in [-0.3, -0.25) is 4.79 Å². The zero-order chi connectivity index (χ0) is 22.9. The number of nitrogens with one attached hydrogen (secondary N) is 3. The van der Waals surface area contributed by atoms with Crippen LogP contribution in [0.4, 0.5) is 4.39 Å². The number of allylic oxidation sites excluding steroid dienone is 5. The highest BCUT2D eigenvalue weighted by molar-refractivity contribution is 6.25. The first-order chi connectivity index (χ1) is 15.5. The molecule has 2 fully saturated rings. The predicted molar refractivity (Wildman–Crippen MR) is 126 cm³/mol. The molecule has 1 unspecified atom stereocenters. The summed E-state index contributed by atoms with van der Waals surface area (Å²) in [6.45, 7) is 10.1. The highest BCUT2D eigenvalue weighted by Crippen LogP contribution is 2.32. The molecular formula is C24H32ClFN4O2. The van der Waals surface area contributed by atoms with E-state index in [-0.39, 0.29) is 24.4 Å². The first-order valence-corrected chi connectivity index (χ1v) is 11.5. The lowest BCUT2D eigenvalue weighted by Crippen LogP contribution is -2.45. The molecule has 1 aliphatic carbocycles. The largest absolute Gasteiger partial charge is 0.484 e. The molecule has 0 aromatic carbocycles. The molecule has 4 rings (SSSR count). The van der Waals surface area contributed by atoms with Crippen LogP contribution in [0, 0.1) is 0 Å². The summed E-state index contributed by atoms with van der Waals surface area (Å²) in [6.07, 6.45) is 11.1. The number of rotatable bonds is 11. The summed E-state index contributed by atoms with van der Waals surface area (Å²) in [7, 11) is 0. The van der Waals surface area contributed by atoms with Crippen molar-refractivity contribution in [3.8, 4) is 0 Å². The molecule has 3 heterocycles. The third-order valence-electron chi connectivity index (χ3n) is 5.71. The number of nitrogens with zero attached hydrogens (tertiary/aromatic N) is 1. The maximum absolute atomic E-state index is 13.2. The monoisotopic (exact) mass is 462 g/mol. The van der Waals surface area contributed by atoms with Gasteiger partial charge < -0.3 is 25.6 Å². The Morgan fingerprint density at radius 2 is 2.12 bits per heavy atom. The molecule has 32 heavy (non-hydrogen) atoms. The molecule has 0 spiro atoms. The lowest BCUT2D eigenvalue weighted by Gasteiger charge is -2.33. The topological polar surface area (TPSA) is 65.6 Å². The number of dihydropyridines is 1. The van der Waals surface area contributed by atoms with E-state index >= 15 is 0 Å². The van der Waals surface area contributed by atoms with Crippen LogP contribution in [0.15, 0.2) is 71.2 Å². The second-order valence-electron chi connectivity index (χ2n) is 8.09. The fourth-order valence-electron chi connectivity index (χ4n) is 4.14. The van der Waals surface area contributed by atoms with Crippen LogP contribution < -0.4 is 16.0 Å². The molecule has 0 aromatic rings. The van der Waals surface area contributed by atoms with Crippen LogP contribution in [-0.4, -0.2) is 43.2 Å². The molecule has 1 atom stereocenters. The van der Waals surface area contributed by atoms with Crippen molar-refractivity contribution in [2.45, 2.75) is 44.7 Å². The Hall–Kier alpha value is -2.67. The summed E-state index contributed by atoms with van der Waals surface area (Å²) < 4.78 is 18.4. The number of fused-ring (bicyclic) bond motifs is 4. The molecule has 6 nitrogen and oxygen atoms in total. The molecule has 4 aliphatic rings. The minimum absolute atomic E-state index is 0.0461. The van der Waals surface area contributed by atoms with Crippen molar-refractivity contribution in [1.82, 2.24) is 20.9 Å². The standard InChI is InChI=1S/C24H32ClFN4O2/c1-3-20(13-18(26)15-25)32-16-23(31)27-10-9-17(2)28-24-21-8-6-7-19(29-24)14-22(21)30-11-4-5-12-30/h3,13-15,24,28-29H,1-2,4-12,16H2,(H,27,31)/b18-15-,20-13+. The van der Waals surface area contributed by atoms with Gasteiger partial charge >= 0.3 is 0 Å². The maximum Gasteiger partial charge on any atom is 0.257 e. The molecule has 8 heteroatoms. The van der Waals surface area contributed by atoms with Crippen LogP contribution in [0.1, 0.15) is 38.5 Å². The summed E-state index contributed by atoms with van der Waals surface area (Å²) in [5, 5.41) is 9.89. The normalized spacial score (nSPS) is 21.0. The maximum atomic E-state index is 13.2. The van der Waals surface area contributed by atoms with Crippen LogP contribution in [-0.2, 0) is 9.53 Å². The van der Waals surface area contributed by atoms with Gasteiger partial charge in [0.05, 0.1) is 0 Å². The average molecular weight is 463 g/mol. The Kier molecular flexibility index (Phi) is 8.85. The van der Waals surface area contributed by atoms with E-state index in [0.717, 1.165) is 49.7 Å². The van der Waals surface area contributed by atoms with Gasteiger partial charge in [0.2, 0.25) is 0 Å². The zero-order valence-electron chi connectivity index (χ0n) is 18.4. The summed E-state index contributed by atoms with van der Waals surface area (Å²) in [6, 6.07) is 0. The van der Waals surface area contributed by atoms with Crippen molar-refractivity contribution >= 4 is 17.5 Å². The van der Waals surface area contributed by atoms with Gasteiger partial charge in [-0.15, -0.1) is 0 Å². The Bertz CT molecular complexity index is 856. The van der Waals surface area contributed by atoms with Gasteiger partial charge in [0, 0.05) is 54.8 Å². The first-order valence-electron chi connectivity index (χ1n) is 11.1. The molecule has 2 saturated heterocycles. The van der Waals surface area contributed by atoms with E-state index < -0.39 is 5.83 Å². The number of ether oxygens (including phenoxy) is 1. The summed E-state index contributed by atoms with van der Waals surface area (Å²) in [5.41, 5.74) is 5.67. The predicted octanol–water partition coefficient (Wildman–Crippen LogP) is 4.08. The molecule has 0 saturated carbocycles. The van der Waals surface area contributed by atoms with Crippen molar-refractivity contribution < 1.29 is 13.9 Å². The van der Waals surface area contributed by atoms with E-state index in [1.807, 2.05) is 0 Å². The van der Waals surface area contributed by atoms with E-state index in [9.17, 15) is 9.18 Å². The fourth-order valence-corrected chi connectivity index (χ4v) is 4.20. The third kappa shape index (κ3) is 6.66. The van der Waals surface area contributed by atoms with Gasteiger partial charge in [-0.25, -0.2) is 4.39 Å². The lowest BCUT2D eigenvalue weighted by molar-refractivity contribution is -0.124. The van der Waals surface area contributed by atoms with Gasteiger partial charge in [0.15, 0.2) is 6.61 Å². The molecule has 1 amide bonds. The van der Waals surface area contributed by atoms with Crippen molar-refractivity contribution in [2.24, 2.45) is 0 Å². The van der Waals surface area contributed by atoms with Crippen LogP contribution in [0.5, 0.6) is 0 Å². The van der Waals surface area contributed by atoms with Crippen LogP contribution in [0.25, 0.3) is 0 Å². The Labute approximate surface area is 194 Å². The van der Waals surface area contributed by atoms with Crippen LogP contribution in [0.2, 0.25) is 0 Å². The molecule has 3 N–H and O–H groups in total. The van der Waals surface area contributed by atoms with Crippen molar-refractivity contribution in [1.29, 1.82) is 0 Å². The quantitative estimate of drug-likeness (QED) is 0.319. The number of carbonyl (C=O) groups excluding carboxylic acids is 1. The first kappa shape index (κ1) is 24.0. The second kappa shape index (κ2) is 11.8. The number of amides is 1. The minimum atomic E-state index is -0.677. The molecule has 0 aromatic heterocycles. The van der Waals surface area contributed by atoms with Crippen molar-refractivity contribution in [2.75, 3.05) is 26.2 Å². The average Bonchev–Trinajstić information content (AvgIpc) is 3.16. The van der Waals surface area contributed by atoms with Gasteiger partial charge in [-0.2, -0.15) is 0 Å². The molecule has 0 radical (unpaired) electrons. The smallest absolute Gasteiger partial charge is 0.257 e. The Balaban J connectivity index is 1.45. The summed E-state index contributed by atoms with van der Waals surface area (Å²) >= 11 is 5.28. The third-order valence-corrected chi connectivity index (χ3v) is 5.92. The SMILES string of the molecule is C=C/C(=C\C(F)=C\Cl)OCC(=O)NCCC(=C)NC1NC2=CC(N3CCCC3)=C1CCC2. The highest BCUT2D eigenvalue weighted by atomic mass is 35.5. The van der Waals surface area contributed by atoms with E-state index in [4.69, 9.17) is 16.3 Å².